The molecule has 2 aromatic carbocycles. The lowest BCUT2D eigenvalue weighted by atomic mass is 10.0. The lowest BCUT2D eigenvalue weighted by Crippen LogP contribution is -2.34. The van der Waals surface area contributed by atoms with Gasteiger partial charge in [-0.3, -0.25) is 4.79 Å². The van der Waals surface area contributed by atoms with Crippen LogP contribution in [0.25, 0.3) is 0 Å². The van der Waals surface area contributed by atoms with Crippen molar-refractivity contribution in [1.82, 2.24) is 4.90 Å². The highest BCUT2D eigenvalue weighted by molar-refractivity contribution is 5.78. The van der Waals surface area contributed by atoms with Crippen LogP contribution in [0.5, 0.6) is 17.2 Å². The molecule has 1 unspecified atom stereocenters. The van der Waals surface area contributed by atoms with Crippen LogP contribution >= 0.6 is 0 Å². The van der Waals surface area contributed by atoms with Crippen LogP contribution < -0.4 is 14.2 Å². The van der Waals surface area contributed by atoms with Crippen molar-refractivity contribution in [2.75, 3.05) is 27.4 Å². The van der Waals surface area contributed by atoms with E-state index in [-0.39, 0.29) is 18.6 Å². The molecule has 1 aliphatic heterocycles. The maximum Gasteiger partial charge on any atom is 0.261 e. The molecule has 0 aromatic heterocycles. The summed E-state index contributed by atoms with van der Waals surface area (Å²) in [6.45, 7) is 4.79. The second-order valence-corrected chi connectivity index (χ2v) is 6.87. The fourth-order valence-corrected chi connectivity index (χ4v) is 3.72. The summed E-state index contributed by atoms with van der Waals surface area (Å²) in [5, 5.41) is 0. The van der Waals surface area contributed by atoms with Crippen molar-refractivity contribution in [3.8, 4) is 17.2 Å². The van der Waals surface area contributed by atoms with Gasteiger partial charge in [-0.25, -0.2) is 0 Å². The van der Waals surface area contributed by atoms with Gasteiger partial charge in [0, 0.05) is 6.54 Å². The molecule has 5 nitrogen and oxygen atoms in total. The average Bonchev–Trinajstić information content (AvgIpc) is 3.16. The highest BCUT2D eigenvalue weighted by atomic mass is 16.5. The number of likely N-dealkylation sites (tertiary alicyclic amines) is 1. The molecule has 0 bridgehead atoms. The van der Waals surface area contributed by atoms with Gasteiger partial charge in [-0.2, -0.15) is 0 Å². The summed E-state index contributed by atoms with van der Waals surface area (Å²) in [5.41, 5.74) is 3.15. The predicted octanol–water partition coefficient (Wildman–Crippen LogP) is 4.06. The van der Waals surface area contributed by atoms with Gasteiger partial charge in [0.2, 0.25) is 0 Å². The minimum absolute atomic E-state index is 0.00920. The number of rotatable bonds is 6. The highest BCUT2D eigenvalue weighted by Gasteiger charge is 2.30. The van der Waals surface area contributed by atoms with Gasteiger partial charge in [0.15, 0.2) is 18.1 Å². The summed E-state index contributed by atoms with van der Waals surface area (Å²) in [6.07, 6.45) is 1.92. The number of nitrogens with zero attached hydrogens (tertiary/aromatic N) is 1. The van der Waals surface area contributed by atoms with Crippen molar-refractivity contribution in [3.05, 3.63) is 53.1 Å². The van der Waals surface area contributed by atoms with Gasteiger partial charge < -0.3 is 19.1 Å². The first-order chi connectivity index (χ1) is 13.0. The van der Waals surface area contributed by atoms with E-state index in [0.29, 0.717) is 11.5 Å². The Labute approximate surface area is 160 Å². The minimum Gasteiger partial charge on any atom is -0.493 e. The molecule has 2 aromatic rings. The minimum atomic E-state index is 0.00920. The van der Waals surface area contributed by atoms with E-state index in [9.17, 15) is 4.79 Å². The number of carbonyl (C=O) groups is 1. The summed E-state index contributed by atoms with van der Waals surface area (Å²) >= 11 is 0. The van der Waals surface area contributed by atoms with Crippen LogP contribution in [0.3, 0.4) is 0 Å². The van der Waals surface area contributed by atoms with E-state index in [1.54, 1.807) is 14.2 Å². The first-order valence-corrected chi connectivity index (χ1v) is 9.25. The molecule has 0 spiro atoms. The van der Waals surface area contributed by atoms with Gasteiger partial charge in [0.25, 0.3) is 5.91 Å². The molecule has 0 aliphatic carbocycles. The van der Waals surface area contributed by atoms with Crippen LogP contribution in [-0.2, 0) is 4.79 Å². The number of para-hydroxylation sites is 1. The summed E-state index contributed by atoms with van der Waals surface area (Å²) in [7, 11) is 3.24. The van der Waals surface area contributed by atoms with Gasteiger partial charge in [-0.15, -0.1) is 0 Å². The Hall–Kier alpha value is -2.69. The summed E-state index contributed by atoms with van der Waals surface area (Å²) in [5.74, 6) is 2.18. The van der Waals surface area contributed by atoms with E-state index in [4.69, 9.17) is 14.2 Å². The molecule has 1 aliphatic rings. The molecule has 144 valence electrons. The van der Waals surface area contributed by atoms with E-state index in [0.717, 1.165) is 41.8 Å². The van der Waals surface area contributed by atoms with Crippen LogP contribution in [0.4, 0.5) is 0 Å². The van der Waals surface area contributed by atoms with Gasteiger partial charge in [-0.05, 0) is 55.5 Å². The lowest BCUT2D eigenvalue weighted by Gasteiger charge is -2.26. The van der Waals surface area contributed by atoms with Gasteiger partial charge in [0.1, 0.15) is 5.75 Å². The van der Waals surface area contributed by atoms with Gasteiger partial charge >= 0.3 is 0 Å². The first kappa shape index (κ1) is 19.1. The number of carbonyl (C=O) groups excluding carboxylic acids is 1. The van der Waals surface area contributed by atoms with Crippen molar-refractivity contribution in [2.24, 2.45) is 0 Å². The number of amides is 1. The number of aryl methyl sites for hydroxylation is 2. The standard InChI is InChI=1S/C22H27NO4/c1-15-7-5-8-16(2)22(15)27-14-21(24)23-12-6-9-18(23)17-10-11-19(25-3)20(13-17)26-4/h5,7-8,10-11,13,18H,6,9,12,14H2,1-4H3. The fraction of sp³-hybridized carbons (Fsp3) is 0.409. The zero-order valence-corrected chi connectivity index (χ0v) is 16.5. The maximum absolute atomic E-state index is 12.8. The Balaban J connectivity index is 1.73. The summed E-state index contributed by atoms with van der Waals surface area (Å²) in [6, 6.07) is 11.9. The molecule has 1 atom stereocenters. The van der Waals surface area contributed by atoms with Crippen molar-refractivity contribution in [1.29, 1.82) is 0 Å². The molecule has 27 heavy (non-hydrogen) atoms. The Bertz CT molecular complexity index is 798. The SMILES string of the molecule is COc1ccc(C2CCCN2C(=O)COc2c(C)cccc2C)cc1OC. The van der Waals surface area contributed by atoms with E-state index >= 15 is 0 Å². The van der Waals surface area contributed by atoms with Crippen LogP contribution in [0.2, 0.25) is 0 Å². The molecular weight excluding hydrogens is 342 g/mol. The number of hydrogen-bond donors (Lipinski definition) is 0. The van der Waals surface area contributed by atoms with E-state index in [2.05, 4.69) is 0 Å². The molecular formula is C22H27NO4. The number of hydrogen-bond acceptors (Lipinski definition) is 4. The smallest absolute Gasteiger partial charge is 0.261 e. The molecule has 0 N–H and O–H groups in total. The molecule has 3 rings (SSSR count). The number of methoxy groups -OCH3 is 2. The first-order valence-electron chi connectivity index (χ1n) is 9.25. The number of benzene rings is 2. The largest absolute Gasteiger partial charge is 0.493 e. The lowest BCUT2D eigenvalue weighted by molar-refractivity contribution is -0.134. The third-order valence-electron chi connectivity index (χ3n) is 5.11. The Morgan fingerprint density at radius 2 is 1.78 bits per heavy atom. The predicted molar refractivity (Wildman–Crippen MR) is 105 cm³/mol. The van der Waals surface area contributed by atoms with Crippen LogP contribution in [0, 0.1) is 13.8 Å². The van der Waals surface area contributed by atoms with E-state index < -0.39 is 0 Å². The molecule has 5 heteroatoms. The molecule has 1 heterocycles. The second-order valence-electron chi connectivity index (χ2n) is 6.87. The zero-order chi connectivity index (χ0) is 19.4. The van der Waals surface area contributed by atoms with Gasteiger partial charge in [-0.1, -0.05) is 24.3 Å². The third kappa shape index (κ3) is 4.02. The van der Waals surface area contributed by atoms with Crippen LogP contribution in [-0.4, -0.2) is 38.2 Å². The Morgan fingerprint density at radius 3 is 2.44 bits per heavy atom. The second kappa shape index (κ2) is 8.33. The topological polar surface area (TPSA) is 48.0 Å². The quantitative estimate of drug-likeness (QED) is 0.770. The Kier molecular flexibility index (Phi) is 5.89. The maximum atomic E-state index is 12.8. The monoisotopic (exact) mass is 369 g/mol. The van der Waals surface area contributed by atoms with Crippen molar-refractivity contribution < 1.29 is 19.0 Å². The zero-order valence-electron chi connectivity index (χ0n) is 16.5. The molecule has 0 radical (unpaired) electrons. The summed E-state index contributed by atoms with van der Waals surface area (Å²) in [4.78, 5) is 14.8. The van der Waals surface area contributed by atoms with Crippen molar-refractivity contribution in [2.45, 2.75) is 32.7 Å². The van der Waals surface area contributed by atoms with Gasteiger partial charge in [0.05, 0.1) is 20.3 Å². The number of ether oxygens (including phenoxy) is 3. The van der Waals surface area contributed by atoms with E-state index in [1.807, 2.05) is 55.1 Å². The molecule has 1 amide bonds. The molecule has 0 saturated carbocycles. The average molecular weight is 369 g/mol. The fourth-order valence-electron chi connectivity index (χ4n) is 3.72. The normalized spacial score (nSPS) is 16.3. The molecule has 1 saturated heterocycles. The molecule has 1 fully saturated rings. The van der Waals surface area contributed by atoms with Crippen molar-refractivity contribution in [3.63, 3.8) is 0 Å². The van der Waals surface area contributed by atoms with Crippen LogP contribution in [0.15, 0.2) is 36.4 Å². The van der Waals surface area contributed by atoms with Crippen molar-refractivity contribution >= 4 is 5.91 Å². The highest BCUT2D eigenvalue weighted by Crippen LogP contribution is 2.37. The van der Waals surface area contributed by atoms with Crippen LogP contribution in [0.1, 0.15) is 35.6 Å². The third-order valence-corrected chi connectivity index (χ3v) is 5.11. The Morgan fingerprint density at radius 1 is 1.07 bits per heavy atom. The summed E-state index contributed by atoms with van der Waals surface area (Å²) < 4.78 is 16.6. The van der Waals surface area contributed by atoms with E-state index in [1.165, 1.54) is 0 Å².